The molecule has 0 bridgehead atoms. The van der Waals surface area contributed by atoms with Crippen LogP contribution in [0.15, 0.2) is 12.3 Å². The first-order chi connectivity index (χ1) is 7.57. The number of alkyl halides is 2. The molecule has 0 spiro atoms. The van der Waals surface area contributed by atoms with Gasteiger partial charge < -0.3 is 0 Å². The van der Waals surface area contributed by atoms with Crippen molar-refractivity contribution >= 4 is 0 Å². The van der Waals surface area contributed by atoms with E-state index in [1.165, 1.54) is 0 Å². The second-order valence-corrected chi connectivity index (χ2v) is 4.33. The molecule has 0 unspecified atom stereocenters. The lowest BCUT2D eigenvalue weighted by Gasteiger charge is -2.15. The summed E-state index contributed by atoms with van der Waals surface area (Å²) in [6.45, 7) is 5.86. The van der Waals surface area contributed by atoms with Gasteiger partial charge in [0.2, 0.25) is 0 Å². The fourth-order valence-electron chi connectivity index (χ4n) is 1.83. The first-order valence-corrected chi connectivity index (χ1v) is 5.83. The molecule has 90 valence electrons. The standard InChI is InChI=1S/C13H19F2N/c1-4-5-6-10-7-8-16-12(9(2)3)11(10)13(14)15/h7-9,13H,4-6H2,1-3H3. The number of pyridine rings is 1. The fourth-order valence-corrected chi connectivity index (χ4v) is 1.83. The Bertz CT molecular complexity index is 335. The highest BCUT2D eigenvalue weighted by Gasteiger charge is 2.20. The molecule has 0 aliphatic heterocycles. The van der Waals surface area contributed by atoms with E-state index in [2.05, 4.69) is 11.9 Å². The van der Waals surface area contributed by atoms with E-state index in [1.807, 2.05) is 13.8 Å². The zero-order chi connectivity index (χ0) is 12.1. The zero-order valence-corrected chi connectivity index (χ0v) is 10.1. The molecule has 3 heteroatoms. The Morgan fingerprint density at radius 1 is 1.31 bits per heavy atom. The maximum absolute atomic E-state index is 13.0. The van der Waals surface area contributed by atoms with Crippen LogP contribution in [0.5, 0.6) is 0 Å². The summed E-state index contributed by atoms with van der Waals surface area (Å²) in [5, 5.41) is 0. The highest BCUT2D eigenvalue weighted by molar-refractivity contribution is 5.33. The Labute approximate surface area is 95.9 Å². The molecule has 0 saturated heterocycles. The second-order valence-electron chi connectivity index (χ2n) is 4.33. The molecule has 0 aromatic carbocycles. The van der Waals surface area contributed by atoms with Crippen molar-refractivity contribution in [2.45, 2.75) is 52.4 Å². The molecule has 0 fully saturated rings. The number of aryl methyl sites for hydroxylation is 1. The van der Waals surface area contributed by atoms with Gasteiger partial charge in [0.1, 0.15) is 0 Å². The van der Waals surface area contributed by atoms with Gasteiger partial charge in [-0.3, -0.25) is 4.98 Å². The van der Waals surface area contributed by atoms with Crippen LogP contribution in [0.3, 0.4) is 0 Å². The number of hydrogen-bond acceptors (Lipinski definition) is 1. The molecule has 16 heavy (non-hydrogen) atoms. The summed E-state index contributed by atoms with van der Waals surface area (Å²) in [6.07, 6.45) is 1.91. The molecule has 0 amide bonds. The van der Waals surface area contributed by atoms with Crippen LogP contribution >= 0.6 is 0 Å². The molecule has 1 rings (SSSR count). The molecule has 0 saturated carbocycles. The number of nitrogens with zero attached hydrogens (tertiary/aromatic N) is 1. The molecule has 0 aliphatic rings. The number of aromatic nitrogens is 1. The van der Waals surface area contributed by atoms with Crippen LogP contribution in [-0.4, -0.2) is 4.98 Å². The van der Waals surface area contributed by atoms with Crippen molar-refractivity contribution < 1.29 is 8.78 Å². The van der Waals surface area contributed by atoms with Crippen molar-refractivity contribution in [3.05, 3.63) is 29.1 Å². The van der Waals surface area contributed by atoms with E-state index in [0.717, 1.165) is 24.8 Å². The van der Waals surface area contributed by atoms with Gasteiger partial charge in [0, 0.05) is 11.8 Å². The number of unbranched alkanes of at least 4 members (excludes halogenated alkanes) is 1. The molecular weight excluding hydrogens is 208 g/mol. The third-order valence-corrected chi connectivity index (χ3v) is 2.68. The van der Waals surface area contributed by atoms with E-state index < -0.39 is 6.43 Å². The lowest BCUT2D eigenvalue weighted by molar-refractivity contribution is 0.148. The lowest BCUT2D eigenvalue weighted by Crippen LogP contribution is -2.05. The summed E-state index contributed by atoms with van der Waals surface area (Å²) in [6, 6.07) is 1.73. The largest absolute Gasteiger partial charge is 0.265 e. The minimum absolute atomic E-state index is 0.0468. The maximum Gasteiger partial charge on any atom is 0.265 e. The summed E-state index contributed by atoms with van der Waals surface area (Å²) in [4.78, 5) is 4.09. The highest BCUT2D eigenvalue weighted by Crippen LogP contribution is 2.30. The van der Waals surface area contributed by atoms with Gasteiger partial charge in [0.25, 0.3) is 6.43 Å². The van der Waals surface area contributed by atoms with Crippen molar-refractivity contribution in [3.63, 3.8) is 0 Å². The van der Waals surface area contributed by atoms with Crippen molar-refractivity contribution in [1.82, 2.24) is 4.98 Å². The Morgan fingerprint density at radius 3 is 2.50 bits per heavy atom. The average molecular weight is 227 g/mol. The van der Waals surface area contributed by atoms with E-state index in [9.17, 15) is 8.78 Å². The first kappa shape index (κ1) is 13.1. The summed E-state index contributed by atoms with van der Waals surface area (Å²) in [5.74, 6) is 0.0468. The number of halogens is 2. The molecular formula is C13H19F2N. The van der Waals surface area contributed by atoms with Crippen LogP contribution in [-0.2, 0) is 6.42 Å². The Hall–Kier alpha value is -0.990. The highest BCUT2D eigenvalue weighted by atomic mass is 19.3. The van der Waals surface area contributed by atoms with Crippen molar-refractivity contribution in [1.29, 1.82) is 0 Å². The fraction of sp³-hybridized carbons (Fsp3) is 0.615. The van der Waals surface area contributed by atoms with Crippen LogP contribution in [0.25, 0.3) is 0 Å². The molecule has 0 radical (unpaired) electrons. The maximum atomic E-state index is 13.0. The SMILES string of the molecule is CCCCc1ccnc(C(C)C)c1C(F)F. The number of rotatable bonds is 5. The van der Waals surface area contributed by atoms with E-state index in [1.54, 1.807) is 12.3 Å². The van der Waals surface area contributed by atoms with Gasteiger partial charge in [-0.15, -0.1) is 0 Å². The van der Waals surface area contributed by atoms with Gasteiger partial charge in [-0.05, 0) is 30.4 Å². The van der Waals surface area contributed by atoms with Crippen LogP contribution in [0.2, 0.25) is 0 Å². The lowest BCUT2D eigenvalue weighted by atomic mass is 9.96. The van der Waals surface area contributed by atoms with E-state index in [4.69, 9.17) is 0 Å². The molecule has 1 nitrogen and oxygen atoms in total. The Kier molecular flexibility index (Phi) is 4.84. The molecule has 1 aromatic heterocycles. The van der Waals surface area contributed by atoms with E-state index >= 15 is 0 Å². The molecule has 0 aliphatic carbocycles. The predicted molar refractivity (Wildman–Crippen MR) is 61.9 cm³/mol. The summed E-state index contributed by atoms with van der Waals surface area (Å²) in [5.41, 5.74) is 1.46. The van der Waals surface area contributed by atoms with E-state index in [-0.39, 0.29) is 11.5 Å². The minimum Gasteiger partial charge on any atom is -0.261 e. The molecule has 1 heterocycles. The van der Waals surface area contributed by atoms with Crippen LogP contribution in [0.4, 0.5) is 8.78 Å². The van der Waals surface area contributed by atoms with Gasteiger partial charge in [-0.1, -0.05) is 27.2 Å². The number of hydrogen-bond donors (Lipinski definition) is 0. The topological polar surface area (TPSA) is 12.9 Å². The van der Waals surface area contributed by atoms with Crippen molar-refractivity contribution in [2.24, 2.45) is 0 Å². The Balaban J connectivity index is 3.11. The summed E-state index contributed by atoms with van der Waals surface area (Å²) >= 11 is 0. The monoisotopic (exact) mass is 227 g/mol. The average Bonchev–Trinajstić information content (AvgIpc) is 2.25. The van der Waals surface area contributed by atoms with Gasteiger partial charge in [0.05, 0.1) is 5.69 Å². The second kappa shape index (κ2) is 5.92. The normalized spacial score (nSPS) is 11.4. The summed E-state index contributed by atoms with van der Waals surface area (Å²) < 4.78 is 26.1. The minimum atomic E-state index is -2.42. The third kappa shape index (κ3) is 3.00. The van der Waals surface area contributed by atoms with Gasteiger partial charge in [0.15, 0.2) is 0 Å². The van der Waals surface area contributed by atoms with E-state index in [0.29, 0.717) is 5.69 Å². The first-order valence-electron chi connectivity index (χ1n) is 5.83. The molecule has 1 aromatic rings. The van der Waals surface area contributed by atoms with Crippen molar-refractivity contribution in [2.75, 3.05) is 0 Å². The van der Waals surface area contributed by atoms with Crippen LogP contribution in [0, 0.1) is 0 Å². The smallest absolute Gasteiger partial charge is 0.261 e. The third-order valence-electron chi connectivity index (χ3n) is 2.68. The van der Waals surface area contributed by atoms with Crippen LogP contribution in [0.1, 0.15) is 62.8 Å². The molecule has 0 atom stereocenters. The quantitative estimate of drug-likeness (QED) is 0.722. The summed E-state index contributed by atoms with van der Waals surface area (Å²) in [7, 11) is 0. The van der Waals surface area contributed by atoms with Crippen molar-refractivity contribution in [3.8, 4) is 0 Å². The zero-order valence-electron chi connectivity index (χ0n) is 10.1. The van der Waals surface area contributed by atoms with Gasteiger partial charge in [-0.2, -0.15) is 0 Å². The van der Waals surface area contributed by atoms with Gasteiger partial charge >= 0.3 is 0 Å². The molecule has 0 N–H and O–H groups in total. The predicted octanol–water partition coefficient (Wildman–Crippen LogP) is 4.49. The van der Waals surface area contributed by atoms with Crippen LogP contribution < -0.4 is 0 Å². The van der Waals surface area contributed by atoms with Gasteiger partial charge in [-0.25, -0.2) is 8.78 Å². The Morgan fingerprint density at radius 2 is 2.00 bits per heavy atom.